The molecule has 32 heavy (non-hydrogen) atoms. The van der Waals surface area contributed by atoms with E-state index >= 15 is 0 Å². The van der Waals surface area contributed by atoms with Crippen LogP contribution in [0, 0.1) is 0 Å². The molecule has 1 unspecified atom stereocenters. The van der Waals surface area contributed by atoms with Crippen LogP contribution < -0.4 is 0 Å². The Balaban J connectivity index is 1.69. The van der Waals surface area contributed by atoms with Crippen LogP contribution in [0.3, 0.4) is 0 Å². The van der Waals surface area contributed by atoms with Gasteiger partial charge in [0, 0.05) is 0 Å². The summed E-state index contributed by atoms with van der Waals surface area (Å²) in [5.41, 5.74) is 6.04. The molecule has 0 saturated heterocycles. The second kappa shape index (κ2) is 14.8. The molecular formula is C31H45Al. The van der Waals surface area contributed by atoms with Gasteiger partial charge in [-0.1, -0.05) is 162 Å². The lowest BCUT2D eigenvalue weighted by Crippen LogP contribution is -2.21. The summed E-state index contributed by atoms with van der Waals surface area (Å²) in [5, 5.41) is 3.05. The first kappa shape index (κ1) is 25.3. The summed E-state index contributed by atoms with van der Waals surface area (Å²) >= 11 is -0.879. The molecule has 1 aliphatic rings. The van der Waals surface area contributed by atoms with E-state index in [0.717, 1.165) is 4.78 Å². The van der Waals surface area contributed by atoms with Crippen LogP contribution in [0.2, 0.25) is 10.6 Å². The Morgan fingerprint density at radius 1 is 0.594 bits per heavy atom. The first-order valence-corrected chi connectivity index (χ1v) is 16.0. The van der Waals surface area contributed by atoms with Crippen molar-refractivity contribution >= 4 is 19.7 Å². The van der Waals surface area contributed by atoms with Crippen LogP contribution in [0.5, 0.6) is 0 Å². The molecule has 0 bridgehead atoms. The highest BCUT2D eigenvalue weighted by atomic mass is 27.2. The predicted molar refractivity (Wildman–Crippen MR) is 145 cm³/mol. The average Bonchev–Trinajstić information content (AvgIpc) is 3.22. The molecule has 2 aromatic carbocycles. The van der Waals surface area contributed by atoms with Gasteiger partial charge in [0.15, 0.2) is 0 Å². The largest absolute Gasteiger partial charge is 0.277 e. The van der Waals surface area contributed by atoms with Gasteiger partial charge in [0.25, 0.3) is 14.1 Å². The molecule has 0 aromatic heterocycles. The van der Waals surface area contributed by atoms with Crippen LogP contribution in [-0.4, -0.2) is 14.1 Å². The Morgan fingerprint density at radius 2 is 1.12 bits per heavy atom. The second-order valence-electron chi connectivity index (χ2n) is 9.93. The van der Waals surface area contributed by atoms with E-state index in [1.165, 1.54) is 104 Å². The number of rotatable bonds is 16. The van der Waals surface area contributed by atoms with Crippen molar-refractivity contribution in [1.82, 2.24) is 0 Å². The molecule has 0 saturated carbocycles. The van der Waals surface area contributed by atoms with E-state index in [0.29, 0.717) is 0 Å². The van der Waals surface area contributed by atoms with Crippen LogP contribution in [0.25, 0.3) is 5.57 Å². The molecule has 1 atom stereocenters. The molecule has 0 fully saturated rings. The van der Waals surface area contributed by atoms with Gasteiger partial charge in [-0.3, -0.25) is 0 Å². The van der Waals surface area contributed by atoms with Crippen molar-refractivity contribution in [2.75, 3.05) is 0 Å². The summed E-state index contributed by atoms with van der Waals surface area (Å²) in [6.07, 6.45) is 19.8. The highest BCUT2D eigenvalue weighted by molar-refractivity contribution is 6.61. The Labute approximate surface area is 202 Å². The normalized spacial score (nSPS) is 14.9. The molecule has 0 spiro atoms. The predicted octanol–water partition coefficient (Wildman–Crippen LogP) is 9.97. The van der Waals surface area contributed by atoms with Crippen molar-refractivity contribution in [2.24, 2.45) is 0 Å². The van der Waals surface area contributed by atoms with Gasteiger partial charge >= 0.3 is 0 Å². The third-order valence-corrected chi connectivity index (χ3v) is 11.3. The van der Waals surface area contributed by atoms with E-state index in [1.807, 2.05) is 0 Å². The summed E-state index contributed by atoms with van der Waals surface area (Å²) in [4.78, 5) is 0. The smallest absolute Gasteiger partial charge is 0.0932 e. The summed E-state index contributed by atoms with van der Waals surface area (Å²) in [6, 6.07) is 20.4. The molecular weight excluding hydrogens is 399 g/mol. The van der Waals surface area contributed by atoms with Crippen molar-refractivity contribution in [1.29, 1.82) is 0 Å². The Kier molecular flexibility index (Phi) is 11.7. The molecule has 1 aliphatic carbocycles. The van der Waals surface area contributed by atoms with Gasteiger partial charge in [0.2, 0.25) is 0 Å². The number of hydrogen-bond acceptors (Lipinski definition) is 0. The first-order valence-electron chi connectivity index (χ1n) is 13.7. The van der Waals surface area contributed by atoms with Crippen molar-refractivity contribution in [3.8, 4) is 0 Å². The van der Waals surface area contributed by atoms with E-state index in [1.54, 1.807) is 5.56 Å². The third kappa shape index (κ3) is 7.64. The van der Waals surface area contributed by atoms with Crippen LogP contribution in [0.15, 0.2) is 60.7 Å². The molecule has 0 nitrogen and oxygen atoms in total. The fraction of sp³-hybridized carbons (Fsp3) is 0.548. The van der Waals surface area contributed by atoms with Crippen LogP contribution in [-0.2, 0) is 0 Å². The number of fused-ring (bicyclic) bond motifs is 1. The molecule has 1 heteroatoms. The molecule has 0 heterocycles. The van der Waals surface area contributed by atoms with E-state index in [4.69, 9.17) is 0 Å². The minimum Gasteiger partial charge on any atom is -0.0932 e. The maximum Gasteiger partial charge on any atom is 0.277 e. The maximum atomic E-state index is 2.69. The summed E-state index contributed by atoms with van der Waals surface area (Å²) in [7, 11) is 0. The number of benzene rings is 2. The van der Waals surface area contributed by atoms with Gasteiger partial charge in [0.05, 0.1) is 0 Å². The molecule has 0 N–H and O–H groups in total. The van der Waals surface area contributed by atoms with Crippen LogP contribution in [0.1, 0.15) is 112 Å². The standard InChI is InChI=1S/C15H11.2C8H17.Al/c1-2-6-12(7-3-1)15-11-10-13-8-4-5-9-14(13)15;2*1-3-5-7-8-6-4-2;/h1-11H;2*1,3-8H2,2H3;. The van der Waals surface area contributed by atoms with Crippen LogP contribution in [0.4, 0.5) is 0 Å². The van der Waals surface area contributed by atoms with Crippen molar-refractivity contribution in [2.45, 2.75) is 106 Å². The Bertz CT molecular complexity index is 775. The molecule has 0 amide bonds. The highest BCUT2D eigenvalue weighted by Crippen LogP contribution is 2.42. The number of allylic oxidation sites excluding steroid dienone is 1. The van der Waals surface area contributed by atoms with E-state index < -0.39 is 14.1 Å². The Morgan fingerprint density at radius 3 is 1.75 bits per heavy atom. The highest BCUT2D eigenvalue weighted by Gasteiger charge is 2.33. The number of unbranched alkanes of at least 4 members (excludes halogenated alkanes) is 10. The minimum atomic E-state index is -0.879. The average molecular weight is 445 g/mol. The van der Waals surface area contributed by atoms with Gasteiger partial charge in [-0.25, -0.2) is 0 Å². The summed E-state index contributed by atoms with van der Waals surface area (Å²) in [6.45, 7) is 4.63. The Hall–Kier alpha value is -1.29. The number of hydrogen-bond donors (Lipinski definition) is 0. The monoisotopic (exact) mass is 444 g/mol. The van der Waals surface area contributed by atoms with Gasteiger partial charge in [-0.05, 0) is 27.0 Å². The molecule has 2 aromatic rings. The fourth-order valence-electron chi connectivity index (χ4n) is 5.53. The SMILES string of the molecule is CCCCCCC[CH2][Al]([CH2]CCCCCCC)[CH]1C=C(c2ccccc2)c2ccccc21. The summed E-state index contributed by atoms with van der Waals surface area (Å²) in [5.74, 6) is 0. The zero-order valence-corrected chi connectivity index (χ0v) is 22.0. The van der Waals surface area contributed by atoms with Gasteiger partial charge in [0.1, 0.15) is 0 Å². The minimum absolute atomic E-state index is 0.729. The molecule has 3 rings (SSSR count). The molecule has 0 radical (unpaired) electrons. The topological polar surface area (TPSA) is 0 Å². The lowest BCUT2D eigenvalue weighted by Gasteiger charge is -2.19. The van der Waals surface area contributed by atoms with Gasteiger partial charge in [-0.15, -0.1) is 0 Å². The molecule has 172 valence electrons. The van der Waals surface area contributed by atoms with Crippen LogP contribution >= 0.6 is 0 Å². The lowest BCUT2D eigenvalue weighted by atomic mass is 9.99. The van der Waals surface area contributed by atoms with Gasteiger partial charge < -0.3 is 0 Å². The quantitative estimate of drug-likeness (QED) is 0.178. The lowest BCUT2D eigenvalue weighted by molar-refractivity contribution is 0.615. The maximum absolute atomic E-state index is 2.69. The van der Waals surface area contributed by atoms with Crippen molar-refractivity contribution < 1.29 is 0 Å². The van der Waals surface area contributed by atoms with Crippen molar-refractivity contribution in [3.63, 3.8) is 0 Å². The fourth-order valence-corrected chi connectivity index (χ4v) is 9.42. The second-order valence-corrected chi connectivity index (χ2v) is 13.3. The summed E-state index contributed by atoms with van der Waals surface area (Å²) < 4.78 is 0.729. The third-order valence-electron chi connectivity index (χ3n) is 7.41. The van der Waals surface area contributed by atoms with Gasteiger partial charge in [-0.2, -0.15) is 0 Å². The van der Waals surface area contributed by atoms with Crippen molar-refractivity contribution in [3.05, 3.63) is 77.4 Å². The zero-order chi connectivity index (χ0) is 22.4. The first-order chi connectivity index (χ1) is 15.8. The van der Waals surface area contributed by atoms with E-state index in [2.05, 4.69) is 74.5 Å². The van der Waals surface area contributed by atoms with E-state index in [9.17, 15) is 0 Å². The zero-order valence-electron chi connectivity index (χ0n) is 20.8. The molecule has 0 aliphatic heterocycles. The van der Waals surface area contributed by atoms with E-state index in [-0.39, 0.29) is 0 Å².